The molecule has 0 aromatic carbocycles. The molecule has 28 heavy (non-hydrogen) atoms. The molecule has 158 valence electrons. The zero-order valence-corrected chi connectivity index (χ0v) is 17.3. The standard InChI is InChI=1S/C23H37NO4/c1-2-3-4-5-6-7-8-9-10-11-12-13-14-15-16-17-18-19-22(24(27)28)20-21-23(25)26/h6-7,9-10,12-13,15-16,22H,2-5,8,11,14,17-21H2,1H3,(H,25,26)/b7-6-,10-9-,13-12-,16-15-. The van der Waals surface area contributed by atoms with E-state index in [0.717, 1.165) is 25.7 Å². The maximum atomic E-state index is 10.9. The first kappa shape index (κ1) is 25.8. The minimum atomic E-state index is -0.979. The van der Waals surface area contributed by atoms with Crippen molar-refractivity contribution in [3.63, 3.8) is 0 Å². The van der Waals surface area contributed by atoms with Gasteiger partial charge in [0.25, 0.3) is 0 Å². The maximum Gasteiger partial charge on any atom is 0.303 e. The lowest BCUT2D eigenvalue weighted by molar-refractivity contribution is -0.524. The third-order valence-corrected chi connectivity index (χ3v) is 4.36. The third kappa shape index (κ3) is 18.6. The van der Waals surface area contributed by atoms with Crippen LogP contribution in [0.5, 0.6) is 0 Å². The van der Waals surface area contributed by atoms with Crippen LogP contribution in [0.3, 0.4) is 0 Å². The second-order valence-electron chi connectivity index (χ2n) is 6.89. The van der Waals surface area contributed by atoms with Gasteiger partial charge in [0.05, 0.1) is 6.42 Å². The Hall–Kier alpha value is -2.17. The van der Waals surface area contributed by atoms with Crippen LogP contribution in [0.25, 0.3) is 0 Å². The molecule has 0 aliphatic rings. The van der Waals surface area contributed by atoms with Crippen molar-refractivity contribution in [2.45, 2.75) is 90.0 Å². The monoisotopic (exact) mass is 391 g/mol. The largest absolute Gasteiger partial charge is 0.481 e. The molecule has 0 aliphatic heterocycles. The Morgan fingerprint density at radius 1 is 0.857 bits per heavy atom. The summed E-state index contributed by atoms with van der Waals surface area (Å²) in [5, 5.41) is 19.5. The van der Waals surface area contributed by atoms with Crippen LogP contribution < -0.4 is 0 Å². The van der Waals surface area contributed by atoms with Crippen LogP contribution >= 0.6 is 0 Å². The number of hydrogen-bond acceptors (Lipinski definition) is 3. The van der Waals surface area contributed by atoms with Gasteiger partial charge in [-0.3, -0.25) is 14.9 Å². The minimum absolute atomic E-state index is 0.108. The van der Waals surface area contributed by atoms with E-state index in [1.165, 1.54) is 25.7 Å². The normalized spacial score (nSPS) is 13.3. The van der Waals surface area contributed by atoms with Crippen molar-refractivity contribution in [1.29, 1.82) is 0 Å². The summed E-state index contributed by atoms with van der Waals surface area (Å²) in [6, 6.07) is -0.748. The second kappa shape index (κ2) is 19.6. The van der Waals surface area contributed by atoms with Crippen LogP contribution in [0.4, 0.5) is 0 Å². The molecular formula is C23H37NO4. The molecule has 5 nitrogen and oxygen atoms in total. The van der Waals surface area contributed by atoms with Crippen molar-refractivity contribution in [2.75, 3.05) is 0 Å². The highest BCUT2D eigenvalue weighted by molar-refractivity contribution is 5.66. The molecule has 0 saturated heterocycles. The third-order valence-electron chi connectivity index (χ3n) is 4.36. The van der Waals surface area contributed by atoms with E-state index in [1.54, 1.807) is 0 Å². The summed E-state index contributed by atoms with van der Waals surface area (Å²) in [6.07, 6.45) is 27.0. The zero-order chi connectivity index (χ0) is 20.9. The zero-order valence-electron chi connectivity index (χ0n) is 17.3. The van der Waals surface area contributed by atoms with Gasteiger partial charge in [-0.25, -0.2) is 0 Å². The van der Waals surface area contributed by atoms with Crippen LogP contribution in [-0.4, -0.2) is 22.0 Å². The summed E-state index contributed by atoms with van der Waals surface area (Å²) in [5.74, 6) is -0.979. The Morgan fingerprint density at radius 2 is 1.36 bits per heavy atom. The lowest BCUT2D eigenvalue weighted by Gasteiger charge is -2.06. The number of unbranched alkanes of at least 4 members (excludes halogenated alkanes) is 4. The predicted octanol–water partition coefficient (Wildman–Crippen LogP) is 6.64. The smallest absolute Gasteiger partial charge is 0.303 e. The predicted molar refractivity (Wildman–Crippen MR) is 116 cm³/mol. The Kier molecular flexibility index (Phi) is 18.1. The summed E-state index contributed by atoms with van der Waals surface area (Å²) in [7, 11) is 0. The number of aliphatic carboxylic acids is 1. The van der Waals surface area contributed by atoms with Crippen molar-refractivity contribution in [2.24, 2.45) is 0 Å². The van der Waals surface area contributed by atoms with E-state index in [-0.39, 0.29) is 17.8 Å². The van der Waals surface area contributed by atoms with Crippen molar-refractivity contribution < 1.29 is 14.8 Å². The van der Waals surface area contributed by atoms with Crippen LogP contribution in [-0.2, 0) is 4.79 Å². The van der Waals surface area contributed by atoms with Crippen LogP contribution in [0.15, 0.2) is 48.6 Å². The van der Waals surface area contributed by atoms with Crippen LogP contribution in [0.1, 0.15) is 84.0 Å². The van der Waals surface area contributed by atoms with E-state index in [0.29, 0.717) is 12.8 Å². The molecule has 0 saturated carbocycles. The molecule has 0 radical (unpaired) electrons. The Balaban J connectivity index is 3.68. The van der Waals surface area contributed by atoms with Gasteiger partial charge >= 0.3 is 5.97 Å². The van der Waals surface area contributed by atoms with E-state index in [4.69, 9.17) is 5.11 Å². The minimum Gasteiger partial charge on any atom is -0.481 e. The number of hydrogen-bond donors (Lipinski definition) is 1. The molecule has 0 amide bonds. The van der Waals surface area contributed by atoms with Crippen molar-refractivity contribution in [3.05, 3.63) is 58.7 Å². The quantitative estimate of drug-likeness (QED) is 0.123. The van der Waals surface area contributed by atoms with E-state index < -0.39 is 12.0 Å². The molecule has 0 aromatic heterocycles. The van der Waals surface area contributed by atoms with Gasteiger partial charge in [-0.15, -0.1) is 0 Å². The molecule has 1 unspecified atom stereocenters. The highest BCUT2D eigenvalue weighted by Gasteiger charge is 2.20. The Bertz CT molecular complexity index is 521. The molecule has 1 N–H and O–H groups in total. The number of nitrogens with zero attached hydrogens (tertiary/aromatic N) is 1. The van der Waals surface area contributed by atoms with Gasteiger partial charge in [-0.2, -0.15) is 0 Å². The van der Waals surface area contributed by atoms with Gasteiger partial charge < -0.3 is 5.11 Å². The molecular weight excluding hydrogens is 354 g/mol. The molecule has 0 aromatic rings. The summed E-state index contributed by atoms with van der Waals surface area (Å²) in [4.78, 5) is 21.0. The van der Waals surface area contributed by atoms with Crippen molar-refractivity contribution in [1.82, 2.24) is 0 Å². The first-order chi connectivity index (χ1) is 13.6. The van der Waals surface area contributed by atoms with Crippen LogP contribution in [0, 0.1) is 10.1 Å². The Labute approximate surface area is 170 Å². The highest BCUT2D eigenvalue weighted by atomic mass is 16.6. The molecule has 0 heterocycles. The summed E-state index contributed by atoms with van der Waals surface area (Å²) in [5.41, 5.74) is 0. The van der Waals surface area contributed by atoms with Gasteiger partial charge in [-0.1, -0.05) is 68.4 Å². The fourth-order valence-corrected chi connectivity index (χ4v) is 2.68. The molecule has 0 spiro atoms. The van der Waals surface area contributed by atoms with Gasteiger partial charge in [0, 0.05) is 17.8 Å². The summed E-state index contributed by atoms with van der Waals surface area (Å²) >= 11 is 0. The maximum absolute atomic E-state index is 10.9. The highest BCUT2D eigenvalue weighted by Crippen LogP contribution is 2.11. The number of nitro groups is 1. The average molecular weight is 392 g/mol. The van der Waals surface area contributed by atoms with Crippen molar-refractivity contribution in [3.8, 4) is 0 Å². The second-order valence-corrected chi connectivity index (χ2v) is 6.89. The van der Waals surface area contributed by atoms with Gasteiger partial charge in [0.1, 0.15) is 0 Å². The number of carboxylic acids is 1. The number of carboxylic acid groups (broad SMARTS) is 1. The average Bonchev–Trinajstić information content (AvgIpc) is 2.66. The summed E-state index contributed by atoms with van der Waals surface area (Å²) < 4.78 is 0. The molecule has 0 rings (SSSR count). The fraction of sp³-hybridized carbons (Fsp3) is 0.609. The van der Waals surface area contributed by atoms with Gasteiger partial charge in [-0.05, 0) is 44.9 Å². The molecule has 0 aliphatic carbocycles. The SMILES string of the molecule is CCCCC/C=C\C/C=C\C/C=C\C/C=C\CCCC(CCC(=O)O)[N+](=O)[O-]. The first-order valence-electron chi connectivity index (χ1n) is 10.5. The van der Waals surface area contributed by atoms with E-state index in [2.05, 4.69) is 49.5 Å². The molecule has 0 bridgehead atoms. The van der Waals surface area contributed by atoms with E-state index in [9.17, 15) is 14.9 Å². The Morgan fingerprint density at radius 3 is 1.82 bits per heavy atom. The lowest BCUT2D eigenvalue weighted by atomic mass is 10.0. The fourth-order valence-electron chi connectivity index (χ4n) is 2.68. The topological polar surface area (TPSA) is 80.4 Å². The summed E-state index contributed by atoms with van der Waals surface area (Å²) in [6.45, 7) is 2.22. The molecule has 1 atom stereocenters. The lowest BCUT2D eigenvalue weighted by Crippen LogP contribution is -2.20. The molecule has 0 fully saturated rings. The van der Waals surface area contributed by atoms with Gasteiger partial charge in [0.2, 0.25) is 6.04 Å². The molecule has 5 heteroatoms. The van der Waals surface area contributed by atoms with Crippen molar-refractivity contribution >= 4 is 5.97 Å². The van der Waals surface area contributed by atoms with E-state index >= 15 is 0 Å². The number of rotatable bonds is 18. The van der Waals surface area contributed by atoms with Gasteiger partial charge in [0.15, 0.2) is 0 Å². The first-order valence-corrected chi connectivity index (χ1v) is 10.5. The number of carbonyl (C=O) groups is 1. The number of allylic oxidation sites excluding steroid dienone is 8. The van der Waals surface area contributed by atoms with Crippen LogP contribution in [0.2, 0.25) is 0 Å². The van der Waals surface area contributed by atoms with E-state index in [1.807, 2.05) is 6.08 Å².